The summed E-state index contributed by atoms with van der Waals surface area (Å²) >= 11 is 3.22. The molecular formula is C18H18BrN3O3. The summed E-state index contributed by atoms with van der Waals surface area (Å²) in [5, 5.41) is 4.00. The number of amides is 1. The van der Waals surface area contributed by atoms with E-state index in [1.54, 1.807) is 17.0 Å². The number of carbonyl (C=O) groups is 1. The third kappa shape index (κ3) is 3.99. The van der Waals surface area contributed by atoms with E-state index >= 15 is 0 Å². The summed E-state index contributed by atoms with van der Waals surface area (Å²) in [4.78, 5) is 18.9. The molecule has 0 fully saturated rings. The van der Waals surface area contributed by atoms with Gasteiger partial charge >= 0.3 is 0 Å². The molecule has 130 valence electrons. The standard InChI is InChI=1S/C18H18BrN3O3/c1-18(2,3)22(17(23)13-9-10-14(19)24-13)11-15-20-16(21-25-15)12-7-5-4-6-8-12/h4-10H,11H2,1-3H3. The molecule has 0 unspecified atom stereocenters. The van der Waals surface area contributed by atoms with Crippen LogP contribution in [0.15, 0.2) is 56.1 Å². The predicted octanol–water partition coefficient (Wildman–Crippen LogP) is 4.53. The van der Waals surface area contributed by atoms with Crippen LogP contribution in [0.2, 0.25) is 0 Å². The highest BCUT2D eigenvalue weighted by atomic mass is 79.9. The lowest BCUT2D eigenvalue weighted by Gasteiger charge is -2.33. The maximum absolute atomic E-state index is 12.8. The lowest BCUT2D eigenvalue weighted by Crippen LogP contribution is -2.45. The number of furan rings is 1. The van der Waals surface area contributed by atoms with Gasteiger partial charge in [0, 0.05) is 11.1 Å². The van der Waals surface area contributed by atoms with Gasteiger partial charge in [-0.2, -0.15) is 4.98 Å². The first-order valence-corrected chi connectivity index (χ1v) is 8.59. The van der Waals surface area contributed by atoms with Crippen molar-refractivity contribution in [3.05, 3.63) is 58.8 Å². The van der Waals surface area contributed by atoms with Gasteiger partial charge in [0.15, 0.2) is 10.4 Å². The largest absolute Gasteiger partial charge is 0.444 e. The second kappa shape index (κ2) is 6.84. The van der Waals surface area contributed by atoms with E-state index in [2.05, 4.69) is 26.1 Å². The molecule has 1 amide bonds. The van der Waals surface area contributed by atoms with Crippen LogP contribution in [-0.2, 0) is 6.54 Å². The molecule has 3 rings (SSSR count). The Labute approximate surface area is 154 Å². The molecule has 0 atom stereocenters. The first-order chi connectivity index (χ1) is 11.8. The van der Waals surface area contributed by atoms with E-state index in [-0.39, 0.29) is 18.2 Å². The van der Waals surface area contributed by atoms with Gasteiger partial charge < -0.3 is 13.8 Å². The summed E-state index contributed by atoms with van der Waals surface area (Å²) in [6.45, 7) is 6.02. The summed E-state index contributed by atoms with van der Waals surface area (Å²) in [7, 11) is 0. The Kier molecular flexibility index (Phi) is 4.76. The Hall–Kier alpha value is -2.41. The van der Waals surface area contributed by atoms with E-state index in [0.717, 1.165) is 5.56 Å². The van der Waals surface area contributed by atoms with Gasteiger partial charge in [-0.1, -0.05) is 35.5 Å². The maximum Gasteiger partial charge on any atom is 0.290 e. The molecule has 2 heterocycles. The van der Waals surface area contributed by atoms with Gasteiger partial charge in [-0.25, -0.2) is 0 Å². The minimum absolute atomic E-state index is 0.195. The molecule has 25 heavy (non-hydrogen) atoms. The molecule has 2 aromatic heterocycles. The highest BCUT2D eigenvalue weighted by molar-refractivity contribution is 9.10. The maximum atomic E-state index is 12.8. The van der Waals surface area contributed by atoms with Crippen LogP contribution in [0.3, 0.4) is 0 Å². The molecular weight excluding hydrogens is 386 g/mol. The topological polar surface area (TPSA) is 72.4 Å². The number of rotatable bonds is 4. The van der Waals surface area contributed by atoms with Gasteiger partial charge in [-0.05, 0) is 48.8 Å². The van der Waals surface area contributed by atoms with E-state index in [4.69, 9.17) is 8.94 Å². The van der Waals surface area contributed by atoms with E-state index in [0.29, 0.717) is 16.4 Å². The van der Waals surface area contributed by atoms with Crippen LogP contribution in [0.25, 0.3) is 11.4 Å². The molecule has 0 N–H and O–H groups in total. The lowest BCUT2D eigenvalue weighted by molar-refractivity contribution is 0.0492. The van der Waals surface area contributed by atoms with Crippen molar-refractivity contribution in [2.24, 2.45) is 0 Å². The Morgan fingerprint density at radius 2 is 1.88 bits per heavy atom. The minimum atomic E-state index is -0.447. The number of hydrogen-bond donors (Lipinski definition) is 0. The molecule has 1 aromatic carbocycles. The van der Waals surface area contributed by atoms with E-state index in [1.165, 1.54) is 0 Å². The number of hydrogen-bond acceptors (Lipinski definition) is 5. The molecule has 0 saturated carbocycles. The molecule has 3 aromatic rings. The normalized spacial score (nSPS) is 11.5. The molecule has 0 aliphatic carbocycles. The number of benzene rings is 1. The zero-order valence-electron chi connectivity index (χ0n) is 14.2. The van der Waals surface area contributed by atoms with Crippen molar-refractivity contribution < 1.29 is 13.7 Å². The van der Waals surface area contributed by atoms with Crippen molar-refractivity contribution in [1.82, 2.24) is 15.0 Å². The summed E-state index contributed by atoms with van der Waals surface area (Å²) in [5.74, 6) is 0.882. The molecule has 0 aliphatic rings. The van der Waals surface area contributed by atoms with Gasteiger partial charge in [-0.3, -0.25) is 4.79 Å². The fraction of sp³-hybridized carbons (Fsp3) is 0.278. The van der Waals surface area contributed by atoms with Gasteiger partial charge in [0.25, 0.3) is 5.91 Å². The molecule has 6 nitrogen and oxygen atoms in total. The van der Waals surface area contributed by atoms with E-state index in [9.17, 15) is 4.79 Å². The second-order valence-corrected chi connectivity index (χ2v) is 7.33. The second-order valence-electron chi connectivity index (χ2n) is 6.54. The molecule has 0 saturated heterocycles. The van der Waals surface area contributed by atoms with Crippen molar-refractivity contribution in [3.63, 3.8) is 0 Å². The number of halogens is 1. The Morgan fingerprint density at radius 1 is 1.16 bits per heavy atom. The van der Waals surface area contributed by atoms with E-state index in [1.807, 2.05) is 51.1 Å². The van der Waals surface area contributed by atoms with Gasteiger partial charge in [0.2, 0.25) is 11.7 Å². The van der Waals surface area contributed by atoms with Crippen molar-refractivity contribution in [1.29, 1.82) is 0 Å². The van der Waals surface area contributed by atoms with Crippen LogP contribution >= 0.6 is 15.9 Å². The van der Waals surface area contributed by atoms with Crippen molar-refractivity contribution in [2.45, 2.75) is 32.9 Å². The average molecular weight is 404 g/mol. The Bertz CT molecular complexity index is 865. The number of nitrogens with zero attached hydrogens (tertiary/aromatic N) is 3. The molecule has 7 heteroatoms. The summed E-state index contributed by atoms with van der Waals surface area (Å²) in [6.07, 6.45) is 0. The Morgan fingerprint density at radius 3 is 2.48 bits per heavy atom. The highest BCUT2D eigenvalue weighted by Gasteiger charge is 2.31. The van der Waals surface area contributed by atoms with Crippen molar-refractivity contribution in [3.8, 4) is 11.4 Å². The zero-order valence-corrected chi connectivity index (χ0v) is 15.8. The monoisotopic (exact) mass is 403 g/mol. The van der Waals surface area contributed by atoms with Gasteiger partial charge in [-0.15, -0.1) is 0 Å². The number of carbonyl (C=O) groups excluding carboxylic acids is 1. The van der Waals surface area contributed by atoms with Crippen LogP contribution in [0.1, 0.15) is 37.2 Å². The molecule has 0 spiro atoms. The Balaban J connectivity index is 1.84. The first-order valence-electron chi connectivity index (χ1n) is 7.80. The van der Waals surface area contributed by atoms with Crippen molar-refractivity contribution >= 4 is 21.8 Å². The average Bonchev–Trinajstić information content (AvgIpc) is 3.21. The molecule has 0 radical (unpaired) electrons. The predicted molar refractivity (Wildman–Crippen MR) is 95.8 cm³/mol. The summed E-state index contributed by atoms with van der Waals surface area (Å²) in [5.41, 5.74) is 0.415. The van der Waals surface area contributed by atoms with Gasteiger partial charge in [0.05, 0.1) is 0 Å². The SMILES string of the molecule is CC(C)(C)N(Cc1nc(-c2ccccc2)no1)C(=O)c1ccc(Br)o1. The zero-order chi connectivity index (χ0) is 18.0. The first kappa shape index (κ1) is 17.4. The quantitative estimate of drug-likeness (QED) is 0.639. The van der Waals surface area contributed by atoms with E-state index < -0.39 is 5.54 Å². The van der Waals surface area contributed by atoms with Crippen LogP contribution in [-0.4, -0.2) is 26.5 Å². The third-order valence-electron chi connectivity index (χ3n) is 3.63. The lowest BCUT2D eigenvalue weighted by atomic mass is 10.1. The fourth-order valence-electron chi connectivity index (χ4n) is 2.33. The van der Waals surface area contributed by atoms with Crippen molar-refractivity contribution in [2.75, 3.05) is 0 Å². The minimum Gasteiger partial charge on any atom is -0.444 e. The van der Waals surface area contributed by atoms with Crippen LogP contribution in [0.5, 0.6) is 0 Å². The summed E-state index contributed by atoms with van der Waals surface area (Å²) in [6, 6.07) is 12.9. The highest BCUT2D eigenvalue weighted by Crippen LogP contribution is 2.24. The van der Waals surface area contributed by atoms with Gasteiger partial charge in [0.1, 0.15) is 6.54 Å². The molecule has 0 aliphatic heterocycles. The van der Waals surface area contributed by atoms with Crippen LogP contribution in [0, 0.1) is 0 Å². The van der Waals surface area contributed by atoms with Crippen LogP contribution in [0.4, 0.5) is 0 Å². The van der Waals surface area contributed by atoms with Crippen LogP contribution < -0.4 is 0 Å². The third-order valence-corrected chi connectivity index (χ3v) is 4.06. The smallest absolute Gasteiger partial charge is 0.290 e. The number of aromatic nitrogens is 2. The molecule has 0 bridgehead atoms. The fourth-order valence-corrected chi connectivity index (χ4v) is 2.64. The summed E-state index contributed by atoms with van der Waals surface area (Å²) < 4.78 is 11.2.